The standard InChI is InChI=1S/C21H25F2N7O3S/c1-11-26-20-14(22)5-12(6-17(20)30(11)13-7-24-8-13)19-15(23)9-25-21(28-19)27-16-3-4-29(10-18(16)31)34(2,32)33/h5-6,9,13,16,18,24,31H,3-4,7-8,10H2,1-2H3,(H,25,27,28)/t16-,18-/m1/s1. The van der Waals surface area contributed by atoms with E-state index in [2.05, 4.69) is 25.6 Å². The number of hydrogen-bond donors (Lipinski definition) is 3. The van der Waals surface area contributed by atoms with Crippen LogP contribution in [0.4, 0.5) is 14.7 Å². The van der Waals surface area contributed by atoms with Gasteiger partial charge in [-0.15, -0.1) is 0 Å². The van der Waals surface area contributed by atoms with Gasteiger partial charge in [-0.05, 0) is 25.5 Å². The topological polar surface area (TPSA) is 125 Å². The van der Waals surface area contributed by atoms with Crippen LogP contribution in [0.1, 0.15) is 18.3 Å². The van der Waals surface area contributed by atoms with Crippen LogP contribution in [-0.2, 0) is 10.0 Å². The Labute approximate surface area is 195 Å². The molecule has 10 nitrogen and oxygen atoms in total. The van der Waals surface area contributed by atoms with Gasteiger partial charge in [-0.25, -0.2) is 32.2 Å². The number of imidazole rings is 1. The summed E-state index contributed by atoms with van der Waals surface area (Å²) in [5, 5.41) is 16.6. The maximum Gasteiger partial charge on any atom is 0.223 e. The zero-order valence-electron chi connectivity index (χ0n) is 18.7. The number of piperidine rings is 1. The second-order valence-electron chi connectivity index (χ2n) is 8.78. The van der Waals surface area contributed by atoms with Gasteiger partial charge in [0.2, 0.25) is 16.0 Å². The van der Waals surface area contributed by atoms with E-state index in [1.807, 2.05) is 11.5 Å². The van der Waals surface area contributed by atoms with Gasteiger partial charge in [-0.3, -0.25) is 0 Å². The normalized spacial score (nSPS) is 22.1. The van der Waals surface area contributed by atoms with Crippen molar-refractivity contribution in [2.24, 2.45) is 0 Å². The highest BCUT2D eigenvalue weighted by atomic mass is 32.2. The molecule has 0 spiro atoms. The number of fused-ring (bicyclic) bond motifs is 1. The van der Waals surface area contributed by atoms with Crippen molar-refractivity contribution in [1.29, 1.82) is 0 Å². The van der Waals surface area contributed by atoms with Gasteiger partial charge < -0.3 is 20.3 Å². The van der Waals surface area contributed by atoms with E-state index in [1.165, 1.54) is 10.4 Å². The lowest BCUT2D eigenvalue weighted by Crippen LogP contribution is -2.51. The number of aliphatic hydroxyl groups is 1. The minimum absolute atomic E-state index is 0.0571. The number of benzene rings is 1. The van der Waals surface area contributed by atoms with E-state index in [9.17, 15) is 22.3 Å². The van der Waals surface area contributed by atoms with Crippen LogP contribution in [0.3, 0.4) is 0 Å². The molecule has 0 radical (unpaired) electrons. The summed E-state index contributed by atoms with van der Waals surface area (Å²) in [6, 6.07) is 2.50. The molecule has 2 saturated heterocycles. The molecule has 182 valence electrons. The maximum atomic E-state index is 14.9. The number of β-amino-alcohol motifs (C(OH)–C–C–N with tert-alkyl or cyclic N) is 1. The molecule has 0 aliphatic carbocycles. The molecule has 0 saturated carbocycles. The lowest BCUT2D eigenvalue weighted by molar-refractivity contribution is 0.0950. The molecule has 13 heteroatoms. The van der Waals surface area contributed by atoms with Crippen LogP contribution in [0.5, 0.6) is 0 Å². The van der Waals surface area contributed by atoms with Crippen LogP contribution in [0.25, 0.3) is 22.3 Å². The highest BCUT2D eigenvalue weighted by Gasteiger charge is 2.32. The van der Waals surface area contributed by atoms with E-state index in [0.717, 1.165) is 25.5 Å². The fraction of sp³-hybridized carbons (Fsp3) is 0.476. The number of aryl methyl sites for hydroxylation is 1. The van der Waals surface area contributed by atoms with E-state index in [4.69, 9.17) is 0 Å². The average Bonchev–Trinajstić information content (AvgIpc) is 3.05. The molecule has 0 amide bonds. The summed E-state index contributed by atoms with van der Waals surface area (Å²) in [6.07, 6.45) is 1.40. The number of anilines is 1. The van der Waals surface area contributed by atoms with E-state index in [-0.39, 0.29) is 41.9 Å². The van der Waals surface area contributed by atoms with Crippen molar-refractivity contribution >= 4 is 27.0 Å². The SMILES string of the molecule is Cc1nc2c(F)cc(-c3nc(N[C@@H]4CCN(S(C)(=O)=O)C[C@H]4O)ncc3F)cc2n1C1CNC1. The van der Waals surface area contributed by atoms with Crippen molar-refractivity contribution in [2.75, 3.05) is 37.8 Å². The quantitative estimate of drug-likeness (QED) is 0.481. The molecular weight excluding hydrogens is 468 g/mol. The summed E-state index contributed by atoms with van der Waals surface area (Å²) in [5.41, 5.74) is 0.948. The van der Waals surface area contributed by atoms with E-state index in [0.29, 0.717) is 17.8 Å². The predicted octanol–water partition coefficient (Wildman–Crippen LogP) is 1.03. The van der Waals surface area contributed by atoms with Crippen LogP contribution in [0, 0.1) is 18.6 Å². The lowest BCUT2D eigenvalue weighted by Gasteiger charge is -2.34. The first-order valence-electron chi connectivity index (χ1n) is 10.9. The Hall–Kier alpha value is -2.74. The Bertz CT molecular complexity index is 1360. The summed E-state index contributed by atoms with van der Waals surface area (Å²) in [7, 11) is -3.41. The van der Waals surface area contributed by atoms with Crippen molar-refractivity contribution in [1.82, 2.24) is 29.1 Å². The summed E-state index contributed by atoms with van der Waals surface area (Å²) in [5.74, 6) is -0.554. The largest absolute Gasteiger partial charge is 0.390 e. The molecule has 34 heavy (non-hydrogen) atoms. The van der Waals surface area contributed by atoms with E-state index >= 15 is 0 Å². The van der Waals surface area contributed by atoms with Crippen molar-refractivity contribution in [3.05, 3.63) is 35.8 Å². The number of aliphatic hydroxyl groups excluding tert-OH is 1. The average molecular weight is 494 g/mol. The molecule has 2 atom stereocenters. The zero-order chi connectivity index (χ0) is 24.2. The summed E-state index contributed by atoms with van der Waals surface area (Å²) in [4.78, 5) is 12.6. The number of halogens is 2. The number of nitrogens with zero attached hydrogens (tertiary/aromatic N) is 5. The van der Waals surface area contributed by atoms with Gasteiger partial charge in [0.25, 0.3) is 0 Å². The fourth-order valence-electron chi connectivity index (χ4n) is 4.50. The first-order chi connectivity index (χ1) is 16.1. The van der Waals surface area contributed by atoms with E-state index < -0.39 is 33.8 Å². The smallest absolute Gasteiger partial charge is 0.223 e. The van der Waals surface area contributed by atoms with Crippen LogP contribution >= 0.6 is 0 Å². The highest BCUT2D eigenvalue weighted by Crippen LogP contribution is 2.31. The minimum atomic E-state index is -3.41. The minimum Gasteiger partial charge on any atom is -0.390 e. The van der Waals surface area contributed by atoms with Gasteiger partial charge in [-0.1, -0.05) is 0 Å². The number of aromatic nitrogens is 4. The van der Waals surface area contributed by atoms with Gasteiger partial charge in [-0.2, -0.15) is 4.31 Å². The number of nitrogens with one attached hydrogen (secondary N) is 2. The molecule has 3 N–H and O–H groups in total. The predicted molar refractivity (Wildman–Crippen MR) is 122 cm³/mol. The van der Waals surface area contributed by atoms with Crippen molar-refractivity contribution in [3.8, 4) is 11.3 Å². The van der Waals surface area contributed by atoms with Crippen LogP contribution < -0.4 is 10.6 Å². The molecule has 0 unspecified atom stereocenters. The van der Waals surface area contributed by atoms with Crippen molar-refractivity contribution in [3.63, 3.8) is 0 Å². The molecule has 3 aromatic rings. The molecule has 2 fully saturated rings. The molecule has 4 heterocycles. The second-order valence-corrected chi connectivity index (χ2v) is 10.8. The number of sulfonamides is 1. The van der Waals surface area contributed by atoms with Gasteiger partial charge in [0.05, 0.1) is 36.2 Å². The number of rotatable bonds is 5. The van der Waals surface area contributed by atoms with Crippen molar-refractivity contribution in [2.45, 2.75) is 31.5 Å². The first-order valence-corrected chi connectivity index (χ1v) is 12.8. The second kappa shape index (κ2) is 8.48. The Morgan fingerprint density at radius 3 is 2.62 bits per heavy atom. The first kappa shape index (κ1) is 23.0. The number of hydrogen-bond acceptors (Lipinski definition) is 8. The third-order valence-electron chi connectivity index (χ3n) is 6.40. The molecule has 2 aliphatic heterocycles. The fourth-order valence-corrected chi connectivity index (χ4v) is 5.36. The molecule has 5 rings (SSSR count). The Kier molecular flexibility index (Phi) is 5.74. The van der Waals surface area contributed by atoms with Gasteiger partial charge in [0.15, 0.2) is 11.6 Å². The molecule has 2 aromatic heterocycles. The van der Waals surface area contributed by atoms with Crippen molar-refractivity contribution < 1.29 is 22.3 Å². The Morgan fingerprint density at radius 2 is 1.97 bits per heavy atom. The summed E-state index contributed by atoms with van der Waals surface area (Å²) >= 11 is 0. The van der Waals surface area contributed by atoms with Crippen LogP contribution in [-0.4, -0.2) is 81.9 Å². The molecule has 2 aliphatic rings. The van der Waals surface area contributed by atoms with E-state index in [1.54, 1.807) is 6.07 Å². The highest BCUT2D eigenvalue weighted by molar-refractivity contribution is 7.88. The van der Waals surface area contributed by atoms with Gasteiger partial charge in [0.1, 0.15) is 17.0 Å². The molecular formula is C21H25F2N7O3S. The third-order valence-corrected chi connectivity index (χ3v) is 7.67. The monoisotopic (exact) mass is 493 g/mol. The Morgan fingerprint density at radius 1 is 1.21 bits per heavy atom. The lowest BCUT2D eigenvalue weighted by atomic mass is 10.0. The van der Waals surface area contributed by atoms with Gasteiger partial charge in [0, 0.05) is 31.7 Å². The summed E-state index contributed by atoms with van der Waals surface area (Å²) in [6.45, 7) is 3.46. The Balaban J connectivity index is 1.45. The third kappa shape index (κ3) is 4.13. The zero-order valence-corrected chi connectivity index (χ0v) is 19.5. The van der Waals surface area contributed by atoms with Crippen LogP contribution in [0.2, 0.25) is 0 Å². The summed E-state index contributed by atoms with van der Waals surface area (Å²) < 4.78 is 56.3. The molecule has 1 aromatic carbocycles. The maximum absolute atomic E-state index is 14.9. The van der Waals surface area contributed by atoms with Crippen LogP contribution in [0.15, 0.2) is 18.3 Å². The molecule has 0 bridgehead atoms. The van der Waals surface area contributed by atoms with Gasteiger partial charge >= 0.3 is 0 Å².